The average molecular weight is 292 g/mol. The SMILES string of the molecule is O=C(O)CCNC(=O)c1cccc(OCC(F)(F)F)n1. The fourth-order valence-corrected chi connectivity index (χ4v) is 1.15. The maximum absolute atomic E-state index is 12.0. The first-order valence-electron chi connectivity index (χ1n) is 5.44. The molecule has 9 heteroatoms. The first kappa shape index (κ1) is 15.7. The Morgan fingerprint density at radius 1 is 1.35 bits per heavy atom. The number of carboxylic acids is 1. The van der Waals surface area contributed by atoms with E-state index >= 15 is 0 Å². The minimum atomic E-state index is -4.50. The van der Waals surface area contributed by atoms with Gasteiger partial charge in [0.25, 0.3) is 5.91 Å². The summed E-state index contributed by atoms with van der Waals surface area (Å²) in [6.45, 7) is -1.62. The summed E-state index contributed by atoms with van der Waals surface area (Å²) >= 11 is 0. The van der Waals surface area contributed by atoms with Gasteiger partial charge in [0.15, 0.2) is 6.61 Å². The summed E-state index contributed by atoms with van der Waals surface area (Å²) in [4.78, 5) is 25.4. The number of nitrogens with zero attached hydrogens (tertiary/aromatic N) is 1. The molecule has 0 aliphatic rings. The number of carboxylic acid groups (broad SMARTS) is 1. The Balaban J connectivity index is 2.58. The quantitative estimate of drug-likeness (QED) is 0.823. The number of pyridine rings is 1. The van der Waals surface area contributed by atoms with Gasteiger partial charge in [-0.15, -0.1) is 0 Å². The Labute approximate surface area is 111 Å². The van der Waals surface area contributed by atoms with Crippen LogP contribution < -0.4 is 10.1 Å². The molecule has 110 valence electrons. The Morgan fingerprint density at radius 2 is 2.05 bits per heavy atom. The van der Waals surface area contributed by atoms with Crippen LogP contribution >= 0.6 is 0 Å². The molecule has 0 saturated carbocycles. The molecule has 0 radical (unpaired) electrons. The highest BCUT2D eigenvalue weighted by Crippen LogP contribution is 2.17. The molecule has 1 aromatic rings. The number of carbonyl (C=O) groups excluding carboxylic acids is 1. The van der Waals surface area contributed by atoms with Crippen molar-refractivity contribution in [3.63, 3.8) is 0 Å². The van der Waals surface area contributed by atoms with Crippen LogP contribution in [-0.4, -0.2) is 41.3 Å². The van der Waals surface area contributed by atoms with E-state index in [0.717, 1.165) is 0 Å². The number of aromatic nitrogens is 1. The maximum atomic E-state index is 12.0. The zero-order chi connectivity index (χ0) is 15.2. The van der Waals surface area contributed by atoms with Crippen molar-refractivity contribution in [3.05, 3.63) is 23.9 Å². The van der Waals surface area contributed by atoms with Crippen molar-refractivity contribution in [1.29, 1.82) is 0 Å². The van der Waals surface area contributed by atoms with Crippen molar-refractivity contribution >= 4 is 11.9 Å². The molecule has 6 nitrogen and oxygen atoms in total. The van der Waals surface area contributed by atoms with Gasteiger partial charge >= 0.3 is 12.1 Å². The molecule has 0 bridgehead atoms. The monoisotopic (exact) mass is 292 g/mol. The second-order valence-corrected chi connectivity index (χ2v) is 3.66. The normalized spacial score (nSPS) is 10.9. The molecule has 0 unspecified atom stereocenters. The van der Waals surface area contributed by atoms with E-state index in [0.29, 0.717) is 0 Å². The second-order valence-electron chi connectivity index (χ2n) is 3.66. The number of carbonyl (C=O) groups is 2. The van der Waals surface area contributed by atoms with Gasteiger partial charge in [0.05, 0.1) is 6.42 Å². The molecule has 0 spiro atoms. The summed E-state index contributed by atoms with van der Waals surface area (Å²) in [5, 5.41) is 10.7. The van der Waals surface area contributed by atoms with Crippen molar-refractivity contribution in [1.82, 2.24) is 10.3 Å². The van der Waals surface area contributed by atoms with E-state index < -0.39 is 24.7 Å². The number of aliphatic carboxylic acids is 1. The number of alkyl halides is 3. The topological polar surface area (TPSA) is 88.5 Å². The minimum Gasteiger partial charge on any atom is -0.481 e. The van der Waals surface area contributed by atoms with Gasteiger partial charge in [-0.25, -0.2) is 4.98 Å². The van der Waals surface area contributed by atoms with Gasteiger partial charge in [0.1, 0.15) is 5.69 Å². The van der Waals surface area contributed by atoms with Crippen molar-refractivity contribution < 1.29 is 32.6 Å². The van der Waals surface area contributed by atoms with E-state index in [2.05, 4.69) is 15.0 Å². The van der Waals surface area contributed by atoms with Crippen LogP contribution in [0.5, 0.6) is 5.88 Å². The van der Waals surface area contributed by atoms with Crippen LogP contribution in [0.2, 0.25) is 0 Å². The van der Waals surface area contributed by atoms with Crippen LogP contribution in [0.4, 0.5) is 13.2 Å². The van der Waals surface area contributed by atoms with Crippen molar-refractivity contribution in [2.24, 2.45) is 0 Å². The number of nitrogens with one attached hydrogen (secondary N) is 1. The number of hydrogen-bond donors (Lipinski definition) is 2. The molecule has 0 saturated heterocycles. The lowest BCUT2D eigenvalue weighted by molar-refractivity contribution is -0.154. The van der Waals surface area contributed by atoms with E-state index in [1.807, 2.05) is 0 Å². The molecule has 0 aliphatic carbocycles. The van der Waals surface area contributed by atoms with E-state index in [4.69, 9.17) is 5.11 Å². The Morgan fingerprint density at radius 3 is 2.65 bits per heavy atom. The predicted octanol–water partition coefficient (Wildman–Crippen LogP) is 1.23. The largest absolute Gasteiger partial charge is 0.481 e. The van der Waals surface area contributed by atoms with E-state index in [1.54, 1.807) is 0 Å². The molecule has 20 heavy (non-hydrogen) atoms. The molecule has 0 fully saturated rings. The number of halogens is 3. The molecule has 1 amide bonds. The van der Waals surface area contributed by atoms with Crippen molar-refractivity contribution in [3.8, 4) is 5.88 Å². The van der Waals surface area contributed by atoms with Crippen molar-refractivity contribution in [2.45, 2.75) is 12.6 Å². The Bertz CT molecular complexity index is 491. The van der Waals surface area contributed by atoms with Crippen molar-refractivity contribution in [2.75, 3.05) is 13.2 Å². The highest BCUT2D eigenvalue weighted by atomic mass is 19.4. The third-order valence-electron chi connectivity index (χ3n) is 1.96. The average Bonchev–Trinajstić information content (AvgIpc) is 2.35. The van der Waals surface area contributed by atoms with Gasteiger partial charge in [-0.05, 0) is 6.07 Å². The molecular formula is C11H11F3N2O4. The zero-order valence-corrected chi connectivity index (χ0v) is 10.1. The van der Waals surface area contributed by atoms with Crippen LogP contribution in [0, 0.1) is 0 Å². The number of amides is 1. The van der Waals surface area contributed by atoms with Crippen LogP contribution in [0.15, 0.2) is 18.2 Å². The van der Waals surface area contributed by atoms with Crippen LogP contribution in [-0.2, 0) is 4.79 Å². The summed E-state index contributed by atoms with van der Waals surface area (Å²) in [6, 6.07) is 3.77. The van der Waals surface area contributed by atoms with Gasteiger partial charge in [-0.3, -0.25) is 9.59 Å². The Kier molecular flexibility index (Phi) is 5.30. The molecule has 1 heterocycles. The summed E-state index contributed by atoms with van der Waals surface area (Å²) < 4.78 is 40.3. The lowest BCUT2D eigenvalue weighted by Crippen LogP contribution is -2.27. The van der Waals surface area contributed by atoms with Crippen LogP contribution in [0.3, 0.4) is 0 Å². The second kappa shape index (κ2) is 6.73. The van der Waals surface area contributed by atoms with Gasteiger partial charge in [-0.2, -0.15) is 13.2 Å². The first-order chi connectivity index (χ1) is 9.28. The van der Waals surface area contributed by atoms with E-state index in [-0.39, 0.29) is 24.5 Å². The van der Waals surface area contributed by atoms with E-state index in [9.17, 15) is 22.8 Å². The number of hydrogen-bond acceptors (Lipinski definition) is 4. The smallest absolute Gasteiger partial charge is 0.422 e. The zero-order valence-electron chi connectivity index (χ0n) is 10.1. The number of rotatable bonds is 6. The molecule has 2 N–H and O–H groups in total. The Hall–Kier alpha value is -2.32. The number of ether oxygens (including phenoxy) is 1. The van der Waals surface area contributed by atoms with Gasteiger partial charge < -0.3 is 15.2 Å². The van der Waals surface area contributed by atoms with Gasteiger partial charge in [0.2, 0.25) is 5.88 Å². The fourth-order valence-electron chi connectivity index (χ4n) is 1.15. The lowest BCUT2D eigenvalue weighted by atomic mass is 10.3. The van der Waals surface area contributed by atoms with Gasteiger partial charge in [-0.1, -0.05) is 6.07 Å². The van der Waals surface area contributed by atoms with Crippen LogP contribution in [0.1, 0.15) is 16.9 Å². The minimum absolute atomic E-state index is 0.108. The maximum Gasteiger partial charge on any atom is 0.422 e. The van der Waals surface area contributed by atoms with Gasteiger partial charge in [0, 0.05) is 12.6 Å². The highest BCUT2D eigenvalue weighted by Gasteiger charge is 2.28. The first-order valence-corrected chi connectivity index (χ1v) is 5.44. The summed E-state index contributed by atoms with van der Waals surface area (Å²) in [5.74, 6) is -2.11. The summed E-state index contributed by atoms with van der Waals surface area (Å²) in [5.41, 5.74) is -0.157. The summed E-state index contributed by atoms with van der Waals surface area (Å²) in [6.07, 6.45) is -4.77. The lowest BCUT2D eigenvalue weighted by Gasteiger charge is -2.09. The molecule has 0 atom stereocenters. The predicted molar refractivity (Wildman–Crippen MR) is 60.4 cm³/mol. The molecule has 1 rings (SSSR count). The third-order valence-corrected chi connectivity index (χ3v) is 1.96. The standard InChI is InChI=1S/C11H11F3N2O4/c12-11(13,14)6-20-8-3-1-2-7(16-8)10(19)15-5-4-9(17)18/h1-3H,4-6H2,(H,15,19)(H,17,18). The van der Waals surface area contributed by atoms with E-state index in [1.165, 1.54) is 18.2 Å². The van der Waals surface area contributed by atoms with Crippen LogP contribution in [0.25, 0.3) is 0 Å². The molecule has 0 aromatic carbocycles. The molecular weight excluding hydrogens is 281 g/mol. The third kappa shape index (κ3) is 6.03. The highest BCUT2D eigenvalue weighted by molar-refractivity contribution is 5.92. The summed E-state index contributed by atoms with van der Waals surface area (Å²) in [7, 11) is 0. The molecule has 0 aliphatic heterocycles. The fraction of sp³-hybridized carbons (Fsp3) is 0.364. The molecule has 1 aromatic heterocycles.